The number of carbonyl (C=O) groups is 1. The van der Waals surface area contributed by atoms with Gasteiger partial charge < -0.3 is 5.21 Å². The van der Waals surface area contributed by atoms with Crippen molar-refractivity contribution in [3.05, 3.63) is 35.0 Å². The van der Waals surface area contributed by atoms with Crippen LogP contribution in [0.3, 0.4) is 0 Å². The molecular formula is C7H5NNaO3S+. The van der Waals surface area contributed by atoms with Crippen LogP contribution in [0.1, 0.15) is 10.4 Å². The first-order valence-corrected chi connectivity index (χ1v) is 4.46. The fourth-order valence-corrected chi connectivity index (χ4v) is 2.15. The van der Waals surface area contributed by atoms with Gasteiger partial charge in [-0.2, -0.15) is 4.21 Å². The number of amides is 1. The predicted octanol–water partition coefficient (Wildman–Crippen LogP) is -3.75. The molecule has 0 saturated carbocycles. The number of carbonyl (C=O) groups excluding carboxylic acids is 1. The molecule has 2 atom stereocenters. The van der Waals surface area contributed by atoms with E-state index >= 15 is 0 Å². The molecule has 4 nitrogen and oxygen atoms in total. The maximum absolute atomic E-state index is 11.1. The summed E-state index contributed by atoms with van der Waals surface area (Å²) in [5, 5.41) is 10.9. The van der Waals surface area contributed by atoms with E-state index in [2.05, 4.69) is 0 Å². The van der Waals surface area contributed by atoms with Crippen molar-refractivity contribution in [1.82, 2.24) is 0 Å². The zero-order chi connectivity index (χ0) is 8.72. The van der Waals surface area contributed by atoms with Crippen molar-refractivity contribution < 1.29 is 43.0 Å². The second-order valence-corrected chi connectivity index (χ2v) is 3.73. The maximum atomic E-state index is 11.1. The van der Waals surface area contributed by atoms with Gasteiger partial charge in [-0.05, 0) is 12.1 Å². The predicted molar refractivity (Wildman–Crippen MR) is 41.5 cm³/mol. The Bertz CT molecular complexity index is 347. The minimum Gasteiger partial charge on any atom is -0.612 e. The molecule has 1 aliphatic rings. The molecule has 0 saturated heterocycles. The number of hydrogen-bond donors (Lipinski definition) is 1. The summed E-state index contributed by atoms with van der Waals surface area (Å²) in [6, 6.07) is 6.35. The van der Waals surface area contributed by atoms with Gasteiger partial charge in [-0.15, -0.1) is 0 Å². The van der Waals surface area contributed by atoms with Crippen LogP contribution in [-0.2, 0) is 11.0 Å². The van der Waals surface area contributed by atoms with Crippen molar-refractivity contribution in [2.75, 3.05) is 0 Å². The van der Waals surface area contributed by atoms with Gasteiger partial charge in [0.05, 0.1) is 0 Å². The summed E-state index contributed by atoms with van der Waals surface area (Å²) in [6.07, 6.45) is 0. The molecule has 0 aromatic heterocycles. The second kappa shape index (κ2) is 4.00. The summed E-state index contributed by atoms with van der Waals surface area (Å²) < 4.78 is 10.3. The molecule has 0 fully saturated rings. The molecule has 6 heteroatoms. The van der Waals surface area contributed by atoms with Crippen LogP contribution in [0.4, 0.5) is 0 Å². The summed E-state index contributed by atoms with van der Waals surface area (Å²) in [7, 11) is -1.76. The molecule has 0 aliphatic carbocycles. The Morgan fingerprint density at radius 3 is 2.54 bits per heavy atom. The van der Waals surface area contributed by atoms with E-state index in [0.717, 1.165) is 0 Å². The Kier molecular flexibility index (Phi) is 3.39. The van der Waals surface area contributed by atoms with Gasteiger partial charge in [0, 0.05) is 0 Å². The van der Waals surface area contributed by atoms with E-state index in [1.54, 1.807) is 12.1 Å². The van der Waals surface area contributed by atoms with E-state index in [1.807, 2.05) is 0 Å². The molecule has 1 aromatic rings. The molecule has 0 bridgehead atoms. The SMILES string of the molecule is O=C1c2ccccc2S(=O)[NH+]1[O-].[Na+]. The maximum Gasteiger partial charge on any atom is 1.00 e. The molecule has 13 heavy (non-hydrogen) atoms. The number of benzene rings is 1. The molecule has 1 N–H and O–H groups in total. The van der Waals surface area contributed by atoms with E-state index < -0.39 is 21.4 Å². The zero-order valence-corrected chi connectivity index (χ0v) is 9.76. The minimum atomic E-state index is -1.76. The van der Waals surface area contributed by atoms with Crippen LogP contribution >= 0.6 is 0 Å². The van der Waals surface area contributed by atoms with Crippen molar-refractivity contribution in [2.24, 2.45) is 0 Å². The number of nitrogens with one attached hydrogen (secondary N) is 1. The van der Waals surface area contributed by atoms with Crippen LogP contribution in [0.2, 0.25) is 0 Å². The smallest absolute Gasteiger partial charge is 0.612 e. The molecule has 0 radical (unpaired) electrons. The van der Waals surface area contributed by atoms with Crippen LogP contribution in [0, 0.1) is 5.21 Å². The quantitative estimate of drug-likeness (QED) is 0.350. The van der Waals surface area contributed by atoms with E-state index in [9.17, 15) is 14.2 Å². The van der Waals surface area contributed by atoms with E-state index in [1.165, 1.54) is 12.1 Å². The minimum absolute atomic E-state index is 0. The second-order valence-electron chi connectivity index (χ2n) is 2.38. The summed E-state index contributed by atoms with van der Waals surface area (Å²) >= 11 is 0. The Morgan fingerprint density at radius 2 is 1.92 bits per heavy atom. The van der Waals surface area contributed by atoms with E-state index in [-0.39, 0.29) is 35.1 Å². The van der Waals surface area contributed by atoms with Crippen molar-refractivity contribution in [3.63, 3.8) is 0 Å². The molecule has 1 aliphatic heterocycles. The normalized spacial score (nSPS) is 25.2. The summed E-state index contributed by atoms with van der Waals surface area (Å²) in [5.41, 5.74) is 0.279. The Morgan fingerprint density at radius 1 is 1.31 bits per heavy atom. The number of fused-ring (bicyclic) bond motifs is 1. The zero-order valence-electron chi connectivity index (χ0n) is 6.94. The van der Waals surface area contributed by atoms with Gasteiger partial charge in [0.25, 0.3) is 0 Å². The Labute approximate surface area is 99.4 Å². The van der Waals surface area contributed by atoms with Gasteiger partial charge in [-0.25, -0.2) is 9.26 Å². The molecule has 2 rings (SSSR count). The average Bonchev–Trinajstić information content (AvgIpc) is 2.33. The van der Waals surface area contributed by atoms with Gasteiger partial charge in [0.2, 0.25) is 11.0 Å². The molecular weight excluding hydrogens is 201 g/mol. The first-order valence-electron chi connectivity index (χ1n) is 3.31. The molecule has 2 unspecified atom stereocenters. The van der Waals surface area contributed by atoms with Gasteiger partial charge in [0.1, 0.15) is 10.5 Å². The van der Waals surface area contributed by atoms with Crippen LogP contribution in [0.5, 0.6) is 0 Å². The first-order chi connectivity index (χ1) is 5.72. The largest absolute Gasteiger partial charge is 1.00 e. The van der Waals surface area contributed by atoms with E-state index in [4.69, 9.17) is 0 Å². The van der Waals surface area contributed by atoms with Crippen LogP contribution < -0.4 is 34.0 Å². The molecule has 1 aromatic carbocycles. The fourth-order valence-electron chi connectivity index (χ4n) is 1.11. The third-order valence-electron chi connectivity index (χ3n) is 1.69. The number of hydroxylamine groups is 1. The fraction of sp³-hybridized carbons (Fsp3) is 0. The summed E-state index contributed by atoms with van der Waals surface area (Å²) in [5.74, 6) is -0.635. The molecule has 62 valence electrons. The number of hydrogen-bond acceptors (Lipinski definition) is 3. The van der Waals surface area contributed by atoms with Gasteiger partial charge in [-0.3, -0.25) is 0 Å². The summed E-state index contributed by atoms with van der Waals surface area (Å²) in [6.45, 7) is 0. The molecule has 1 heterocycles. The van der Waals surface area contributed by atoms with E-state index in [0.29, 0.717) is 4.90 Å². The van der Waals surface area contributed by atoms with Crippen molar-refractivity contribution in [1.29, 1.82) is 0 Å². The number of rotatable bonds is 0. The van der Waals surface area contributed by atoms with Crippen molar-refractivity contribution >= 4 is 16.9 Å². The number of quaternary nitrogens is 1. The van der Waals surface area contributed by atoms with Crippen molar-refractivity contribution in [2.45, 2.75) is 4.90 Å². The van der Waals surface area contributed by atoms with Crippen LogP contribution in [0.15, 0.2) is 29.2 Å². The third-order valence-corrected chi connectivity index (χ3v) is 2.96. The van der Waals surface area contributed by atoms with Crippen LogP contribution in [-0.4, -0.2) is 10.1 Å². The Hall–Kier alpha value is -0.0400. The Balaban J connectivity index is 0.000000845. The first kappa shape index (κ1) is 11.0. The molecule has 1 amide bonds. The van der Waals surface area contributed by atoms with Gasteiger partial charge in [-0.1, -0.05) is 12.1 Å². The van der Waals surface area contributed by atoms with Gasteiger partial charge >= 0.3 is 35.5 Å². The van der Waals surface area contributed by atoms with Crippen molar-refractivity contribution in [3.8, 4) is 0 Å². The standard InChI is InChI=1S/C7H5NO3S.Na/c9-7-5-3-1-2-4-6(5)12(11)8(7)10;/h1-4,8H;/q;+1. The average molecular weight is 206 g/mol. The van der Waals surface area contributed by atoms with Crippen LogP contribution in [0.25, 0.3) is 0 Å². The monoisotopic (exact) mass is 206 g/mol. The third kappa shape index (κ3) is 1.63. The summed E-state index contributed by atoms with van der Waals surface area (Å²) in [4.78, 5) is 11.4. The van der Waals surface area contributed by atoms with Gasteiger partial charge in [0.15, 0.2) is 0 Å². The topological polar surface area (TPSA) is 61.6 Å². The molecule has 0 spiro atoms.